The summed E-state index contributed by atoms with van der Waals surface area (Å²) in [5.74, 6) is 0.558. The van der Waals surface area contributed by atoms with Gasteiger partial charge in [0.05, 0.1) is 6.26 Å². The second-order valence-corrected chi connectivity index (χ2v) is 4.71. The van der Waals surface area contributed by atoms with Crippen LogP contribution in [0.2, 0.25) is 0 Å². The zero-order valence-corrected chi connectivity index (χ0v) is 9.57. The molecule has 0 atom stereocenters. The van der Waals surface area contributed by atoms with Crippen LogP contribution in [-0.4, -0.2) is 34.2 Å². The van der Waals surface area contributed by atoms with Crippen LogP contribution in [0.1, 0.15) is 10.4 Å². The Hall–Kier alpha value is -1.40. The molecule has 5 nitrogen and oxygen atoms in total. The van der Waals surface area contributed by atoms with Crippen molar-refractivity contribution < 1.29 is 22.1 Å². The first-order valence-corrected chi connectivity index (χ1v) is 6.35. The van der Waals surface area contributed by atoms with Gasteiger partial charge in [-0.1, -0.05) is 0 Å². The number of ether oxygens (including phenoxy) is 1. The number of carbonyl (C=O) groups is 1. The van der Waals surface area contributed by atoms with Gasteiger partial charge >= 0.3 is 0 Å². The van der Waals surface area contributed by atoms with Gasteiger partial charge in [-0.25, -0.2) is 0 Å². The Labute approximate surface area is 94.1 Å². The molecule has 0 bridgehead atoms. The maximum atomic E-state index is 10.6. The van der Waals surface area contributed by atoms with Gasteiger partial charge in [0.2, 0.25) is 0 Å². The Kier molecular flexibility index (Phi) is 4.45. The maximum Gasteiger partial charge on any atom is 0.264 e. The van der Waals surface area contributed by atoms with E-state index in [0.717, 1.165) is 12.5 Å². The third-order valence-electron chi connectivity index (χ3n) is 1.67. The van der Waals surface area contributed by atoms with E-state index >= 15 is 0 Å². The zero-order chi connectivity index (χ0) is 12.0. The smallest absolute Gasteiger partial charge is 0.264 e. The first kappa shape index (κ1) is 12.7. The van der Waals surface area contributed by atoms with Crippen LogP contribution in [0.3, 0.4) is 0 Å². The van der Waals surface area contributed by atoms with E-state index in [9.17, 15) is 13.2 Å². The van der Waals surface area contributed by atoms with E-state index in [1.165, 1.54) is 0 Å². The largest absolute Gasteiger partial charge is 0.491 e. The molecule has 1 aromatic rings. The molecule has 0 heterocycles. The Morgan fingerprint density at radius 2 is 1.81 bits per heavy atom. The van der Waals surface area contributed by atoms with Crippen molar-refractivity contribution in [2.75, 3.05) is 19.5 Å². The summed E-state index contributed by atoms with van der Waals surface area (Å²) < 4.78 is 30.9. The maximum absolute atomic E-state index is 10.6. The highest BCUT2D eigenvalue weighted by Gasteiger charge is 2.01. The van der Waals surface area contributed by atoms with E-state index in [2.05, 4.69) is 4.18 Å². The van der Waals surface area contributed by atoms with Crippen LogP contribution in [0, 0.1) is 0 Å². The van der Waals surface area contributed by atoms with Crippen LogP contribution in [0.5, 0.6) is 5.75 Å². The Morgan fingerprint density at radius 1 is 1.19 bits per heavy atom. The number of rotatable bonds is 6. The van der Waals surface area contributed by atoms with Crippen molar-refractivity contribution in [2.45, 2.75) is 0 Å². The molecule has 16 heavy (non-hydrogen) atoms. The molecule has 0 saturated heterocycles. The minimum absolute atomic E-state index is 0.0335. The third kappa shape index (κ3) is 4.90. The summed E-state index contributed by atoms with van der Waals surface area (Å²) in [6.45, 7) is 0.0990. The third-order valence-corrected chi connectivity index (χ3v) is 2.26. The van der Waals surface area contributed by atoms with Crippen LogP contribution in [-0.2, 0) is 14.3 Å². The first-order chi connectivity index (χ1) is 7.51. The van der Waals surface area contributed by atoms with Crippen molar-refractivity contribution in [1.82, 2.24) is 0 Å². The molecule has 1 rings (SSSR count). The zero-order valence-electron chi connectivity index (χ0n) is 8.75. The quantitative estimate of drug-likeness (QED) is 0.421. The lowest BCUT2D eigenvalue weighted by Crippen LogP contribution is -2.11. The number of hydrogen-bond donors (Lipinski definition) is 0. The summed E-state index contributed by atoms with van der Waals surface area (Å²) in [7, 11) is -3.42. The molecule has 1 aromatic carbocycles. The van der Waals surface area contributed by atoms with Gasteiger partial charge in [0, 0.05) is 5.56 Å². The van der Waals surface area contributed by atoms with Gasteiger partial charge < -0.3 is 4.74 Å². The van der Waals surface area contributed by atoms with E-state index in [1.807, 2.05) is 0 Å². The molecule has 0 amide bonds. The van der Waals surface area contributed by atoms with Gasteiger partial charge in [0.1, 0.15) is 25.2 Å². The highest BCUT2D eigenvalue weighted by molar-refractivity contribution is 7.85. The van der Waals surface area contributed by atoms with Gasteiger partial charge in [-0.05, 0) is 24.3 Å². The number of hydrogen-bond acceptors (Lipinski definition) is 5. The molecule has 0 spiro atoms. The molecule has 0 aliphatic rings. The second-order valence-electron chi connectivity index (χ2n) is 3.06. The predicted octanol–water partition coefficient (Wildman–Crippen LogP) is 0.854. The van der Waals surface area contributed by atoms with E-state index in [-0.39, 0.29) is 13.2 Å². The monoisotopic (exact) mass is 244 g/mol. The van der Waals surface area contributed by atoms with Crippen molar-refractivity contribution >= 4 is 16.4 Å². The average molecular weight is 244 g/mol. The summed E-state index contributed by atoms with van der Waals surface area (Å²) in [6, 6.07) is 6.48. The fourth-order valence-corrected chi connectivity index (χ4v) is 1.36. The fraction of sp³-hybridized carbons (Fsp3) is 0.300. The second kappa shape index (κ2) is 5.62. The van der Waals surface area contributed by atoms with Gasteiger partial charge in [0.25, 0.3) is 10.1 Å². The van der Waals surface area contributed by atoms with Crippen molar-refractivity contribution in [1.29, 1.82) is 0 Å². The van der Waals surface area contributed by atoms with Crippen LogP contribution in [0.25, 0.3) is 0 Å². The summed E-state index contributed by atoms with van der Waals surface area (Å²) in [6.07, 6.45) is 1.71. The molecule has 0 saturated carbocycles. The summed E-state index contributed by atoms with van der Waals surface area (Å²) in [5, 5.41) is 0. The lowest BCUT2D eigenvalue weighted by Gasteiger charge is -2.05. The van der Waals surface area contributed by atoms with Crippen molar-refractivity contribution in [3.8, 4) is 5.75 Å². The lowest BCUT2D eigenvalue weighted by molar-refractivity contribution is 0.112. The SMILES string of the molecule is CS(=O)(=O)OCCOc1ccc(C=O)cc1. The van der Waals surface area contributed by atoms with E-state index in [1.54, 1.807) is 24.3 Å². The summed E-state index contributed by atoms with van der Waals surface area (Å²) >= 11 is 0. The standard InChI is InChI=1S/C10H12O5S/c1-16(12,13)15-7-6-14-10-4-2-9(8-11)3-5-10/h2-5,8H,6-7H2,1H3. The molecular weight excluding hydrogens is 232 g/mol. The Bertz CT molecular complexity index is 435. The molecule has 6 heteroatoms. The van der Waals surface area contributed by atoms with Crippen molar-refractivity contribution in [2.24, 2.45) is 0 Å². The minimum Gasteiger partial charge on any atom is -0.491 e. The van der Waals surface area contributed by atoms with E-state index in [4.69, 9.17) is 4.74 Å². The van der Waals surface area contributed by atoms with Crippen LogP contribution in [0.15, 0.2) is 24.3 Å². The van der Waals surface area contributed by atoms with Gasteiger partial charge in [0.15, 0.2) is 0 Å². The molecule has 0 unspecified atom stereocenters. The number of carbonyl (C=O) groups excluding carboxylic acids is 1. The minimum atomic E-state index is -3.42. The lowest BCUT2D eigenvalue weighted by atomic mass is 10.2. The molecule has 0 N–H and O–H groups in total. The number of benzene rings is 1. The van der Waals surface area contributed by atoms with Gasteiger partial charge in [-0.2, -0.15) is 8.42 Å². The van der Waals surface area contributed by atoms with Crippen molar-refractivity contribution in [3.63, 3.8) is 0 Å². The molecule has 88 valence electrons. The molecule has 0 fully saturated rings. The molecule has 0 aromatic heterocycles. The van der Waals surface area contributed by atoms with Gasteiger partial charge in [-0.3, -0.25) is 8.98 Å². The summed E-state index contributed by atoms with van der Waals surface area (Å²) in [4.78, 5) is 10.4. The molecule has 0 radical (unpaired) electrons. The van der Waals surface area contributed by atoms with E-state index < -0.39 is 10.1 Å². The molecule has 0 aliphatic carbocycles. The highest BCUT2D eigenvalue weighted by Crippen LogP contribution is 2.10. The first-order valence-electron chi connectivity index (χ1n) is 4.54. The van der Waals surface area contributed by atoms with E-state index in [0.29, 0.717) is 11.3 Å². The highest BCUT2D eigenvalue weighted by atomic mass is 32.2. The van der Waals surface area contributed by atoms with Gasteiger partial charge in [-0.15, -0.1) is 0 Å². The molecule has 0 aliphatic heterocycles. The average Bonchev–Trinajstić information content (AvgIpc) is 2.24. The van der Waals surface area contributed by atoms with Crippen LogP contribution < -0.4 is 4.74 Å². The Balaban J connectivity index is 2.35. The van der Waals surface area contributed by atoms with Crippen molar-refractivity contribution in [3.05, 3.63) is 29.8 Å². The van der Waals surface area contributed by atoms with Crippen LogP contribution >= 0.6 is 0 Å². The number of aldehydes is 1. The Morgan fingerprint density at radius 3 is 2.31 bits per heavy atom. The van der Waals surface area contributed by atoms with Crippen LogP contribution in [0.4, 0.5) is 0 Å². The fourth-order valence-electron chi connectivity index (χ4n) is 0.988. The normalized spacial score (nSPS) is 11.1. The topological polar surface area (TPSA) is 69.7 Å². The predicted molar refractivity (Wildman–Crippen MR) is 58.1 cm³/mol. The molecular formula is C10H12O5S. The summed E-state index contributed by atoms with van der Waals surface area (Å²) in [5.41, 5.74) is 0.555.